The van der Waals surface area contributed by atoms with Crippen LogP contribution in [0.4, 0.5) is 0 Å². The van der Waals surface area contributed by atoms with Crippen molar-refractivity contribution in [2.45, 2.75) is 59.7 Å². The summed E-state index contributed by atoms with van der Waals surface area (Å²) in [6.07, 6.45) is 2.13. The third kappa shape index (κ3) is 3.09. The first kappa shape index (κ1) is 12.8. The van der Waals surface area contributed by atoms with E-state index in [0.29, 0.717) is 0 Å². The van der Waals surface area contributed by atoms with Crippen LogP contribution in [0.25, 0.3) is 0 Å². The lowest BCUT2D eigenvalue weighted by atomic mass is 9.84. The lowest BCUT2D eigenvalue weighted by molar-refractivity contribution is 0.00578. The molecule has 3 heteroatoms. The van der Waals surface area contributed by atoms with Crippen LogP contribution < -0.4 is 0 Å². The zero-order chi connectivity index (χ0) is 11.9. The molecule has 1 saturated heterocycles. The van der Waals surface area contributed by atoms with Gasteiger partial charge < -0.3 is 9.31 Å². The predicted molar refractivity (Wildman–Crippen MR) is 64.7 cm³/mol. The molecule has 86 valence electrons. The topological polar surface area (TPSA) is 18.5 Å². The first-order chi connectivity index (χ1) is 6.54. The average molecular weight is 210 g/mol. The van der Waals surface area contributed by atoms with Crippen LogP contribution in [0.5, 0.6) is 0 Å². The summed E-state index contributed by atoms with van der Waals surface area (Å²) < 4.78 is 11.7. The van der Waals surface area contributed by atoms with Crippen LogP contribution >= 0.6 is 0 Å². The fraction of sp³-hybridized carbons (Fsp3) is 0.833. The fourth-order valence-corrected chi connectivity index (χ4v) is 1.33. The third-order valence-electron chi connectivity index (χ3n) is 3.02. The Morgan fingerprint density at radius 2 is 1.33 bits per heavy atom. The highest BCUT2D eigenvalue weighted by Crippen LogP contribution is 2.37. The van der Waals surface area contributed by atoms with Gasteiger partial charge in [-0.15, -0.1) is 0 Å². The Bertz CT molecular complexity index is 245. The smallest absolute Gasteiger partial charge is 0.400 e. The van der Waals surface area contributed by atoms with E-state index in [0.717, 1.165) is 0 Å². The van der Waals surface area contributed by atoms with Gasteiger partial charge in [-0.25, -0.2) is 0 Å². The third-order valence-corrected chi connectivity index (χ3v) is 3.02. The standard InChI is InChI=1S/C12H23BO2/c1-10(2,3)8-9-13-14-11(4,5)12(6,7)15-13/h8-9H,1-7H3. The molecule has 0 atom stereocenters. The molecule has 1 heterocycles. The highest BCUT2D eigenvalue weighted by molar-refractivity contribution is 6.51. The lowest BCUT2D eigenvalue weighted by Gasteiger charge is -2.32. The van der Waals surface area contributed by atoms with Gasteiger partial charge in [0.2, 0.25) is 0 Å². The van der Waals surface area contributed by atoms with E-state index in [1.165, 1.54) is 0 Å². The lowest BCUT2D eigenvalue weighted by Crippen LogP contribution is -2.41. The van der Waals surface area contributed by atoms with Crippen molar-refractivity contribution in [3.05, 3.63) is 12.1 Å². The summed E-state index contributed by atoms with van der Waals surface area (Å²) in [5, 5.41) is 0. The van der Waals surface area contributed by atoms with Gasteiger partial charge >= 0.3 is 7.12 Å². The molecule has 0 unspecified atom stereocenters. The van der Waals surface area contributed by atoms with Crippen LogP contribution in [-0.4, -0.2) is 18.3 Å². The molecule has 1 aliphatic heterocycles. The van der Waals surface area contributed by atoms with Gasteiger partial charge in [0.05, 0.1) is 11.2 Å². The summed E-state index contributed by atoms with van der Waals surface area (Å²) in [5.41, 5.74) is -0.302. The van der Waals surface area contributed by atoms with Crippen LogP contribution in [0.15, 0.2) is 12.1 Å². The molecule has 0 aromatic heterocycles. The van der Waals surface area contributed by atoms with Crippen LogP contribution in [0, 0.1) is 5.41 Å². The normalized spacial score (nSPS) is 25.1. The van der Waals surface area contributed by atoms with Gasteiger partial charge in [0.15, 0.2) is 0 Å². The highest BCUT2D eigenvalue weighted by Gasteiger charge is 2.50. The van der Waals surface area contributed by atoms with Crippen molar-refractivity contribution in [1.82, 2.24) is 0 Å². The molecular formula is C12H23BO2. The van der Waals surface area contributed by atoms with Crippen molar-refractivity contribution >= 4 is 7.12 Å². The largest absolute Gasteiger partial charge is 0.486 e. The van der Waals surface area contributed by atoms with Gasteiger partial charge in [-0.1, -0.05) is 32.8 Å². The van der Waals surface area contributed by atoms with Gasteiger partial charge in [-0.2, -0.15) is 0 Å². The summed E-state index contributed by atoms with van der Waals surface area (Å²) in [6.45, 7) is 14.8. The average Bonchev–Trinajstić information content (AvgIpc) is 2.16. The number of hydrogen-bond acceptors (Lipinski definition) is 2. The van der Waals surface area contributed by atoms with E-state index in [2.05, 4.69) is 54.5 Å². The van der Waals surface area contributed by atoms with Crippen LogP contribution in [0.2, 0.25) is 0 Å². The SMILES string of the molecule is CC(C)(C)C=CB1OC(C)(C)C(C)(C)O1. The summed E-state index contributed by atoms with van der Waals surface area (Å²) in [4.78, 5) is 0. The molecule has 0 bridgehead atoms. The Balaban J connectivity index is 2.68. The van der Waals surface area contributed by atoms with Crippen molar-refractivity contribution in [2.24, 2.45) is 5.41 Å². The van der Waals surface area contributed by atoms with Crippen molar-refractivity contribution in [3.63, 3.8) is 0 Å². The molecule has 0 amide bonds. The van der Waals surface area contributed by atoms with E-state index in [1.54, 1.807) is 0 Å². The number of rotatable bonds is 1. The molecule has 2 nitrogen and oxygen atoms in total. The minimum atomic E-state index is -0.236. The quantitative estimate of drug-likeness (QED) is 0.618. The van der Waals surface area contributed by atoms with Crippen LogP contribution in [-0.2, 0) is 9.31 Å². The molecule has 15 heavy (non-hydrogen) atoms. The van der Waals surface area contributed by atoms with Gasteiger partial charge in [0, 0.05) is 0 Å². The van der Waals surface area contributed by atoms with Crippen molar-refractivity contribution in [2.75, 3.05) is 0 Å². The Kier molecular flexibility index (Phi) is 3.10. The molecule has 1 rings (SSSR count). The summed E-state index contributed by atoms with van der Waals surface area (Å²) in [5.74, 6) is 2.01. The maximum absolute atomic E-state index is 5.85. The van der Waals surface area contributed by atoms with Gasteiger partial charge in [-0.3, -0.25) is 0 Å². The van der Waals surface area contributed by atoms with E-state index in [-0.39, 0.29) is 23.7 Å². The summed E-state index contributed by atoms with van der Waals surface area (Å²) in [6, 6.07) is 0. The van der Waals surface area contributed by atoms with E-state index >= 15 is 0 Å². The first-order valence-corrected chi connectivity index (χ1v) is 5.58. The van der Waals surface area contributed by atoms with E-state index in [9.17, 15) is 0 Å². The van der Waals surface area contributed by atoms with E-state index in [4.69, 9.17) is 9.31 Å². The minimum absolute atomic E-state index is 0.170. The zero-order valence-corrected chi connectivity index (χ0v) is 11.0. The summed E-state index contributed by atoms with van der Waals surface area (Å²) >= 11 is 0. The molecule has 0 N–H and O–H groups in total. The maximum atomic E-state index is 5.85. The van der Waals surface area contributed by atoms with Crippen molar-refractivity contribution in [3.8, 4) is 0 Å². The van der Waals surface area contributed by atoms with Crippen molar-refractivity contribution < 1.29 is 9.31 Å². The molecule has 0 aromatic rings. The van der Waals surface area contributed by atoms with Crippen LogP contribution in [0.3, 0.4) is 0 Å². The van der Waals surface area contributed by atoms with Crippen molar-refractivity contribution in [1.29, 1.82) is 0 Å². The number of hydrogen-bond donors (Lipinski definition) is 0. The predicted octanol–water partition coefficient (Wildman–Crippen LogP) is 3.22. The summed E-state index contributed by atoms with van der Waals surface area (Å²) in [7, 11) is -0.214. The van der Waals surface area contributed by atoms with Gasteiger partial charge in [0.25, 0.3) is 0 Å². The first-order valence-electron chi connectivity index (χ1n) is 5.58. The Morgan fingerprint density at radius 1 is 0.933 bits per heavy atom. The highest BCUT2D eigenvalue weighted by atomic mass is 16.7. The molecule has 0 radical (unpaired) electrons. The molecule has 0 spiro atoms. The second kappa shape index (κ2) is 3.64. The molecule has 0 aliphatic carbocycles. The second-order valence-corrected chi connectivity index (χ2v) is 6.35. The maximum Gasteiger partial charge on any atom is 0.486 e. The Morgan fingerprint density at radius 3 is 1.67 bits per heavy atom. The Labute approximate surface area is 94.2 Å². The Hall–Kier alpha value is -0.275. The van der Waals surface area contributed by atoms with Gasteiger partial charge in [0.1, 0.15) is 0 Å². The molecule has 0 saturated carbocycles. The second-order valence-electron chi connectivity index (χ2n) is 6.35. The molecule has 1 fully saturated rings. The fourth-order valence-electron chi connectivity index (χ4n) is 1.33. The minimum Gasteiger partial charge on any atom is -0.400 e. The number of allylic oxidation sites excluding steroid dienone is 1. The van der Waals surface area contributed by atoms with Gasteiger partial charge in [-0.05, 0) is 33.1 Å². The van der Waals surface area contributed by atoms with E-state index in [1.807, 2.05) is 5.98 Å². The molecular weight excluding hydrogens is 187 g/mol. The monoisotopic (exact) mass is 210 g/mol. The zero-order valence-electron chi connectivity index (χ0n) is 11.0. The molecule has 0 aromatic carbocycles. The molecule has 1 aliphatic rings. The van der Waals surface area contributed by atoms with E-state index < -0.39 is 0 Å². The van der Waals surface area contributed by atoms with Crippen LogP contribution in [0.1, 0.15) is 48.5 Å².